The van der Waals surface area contributed by atoms with Crippen LogP contribution in [0.2, 0.25) is 0 Å². The Balaban J connectivity index is 1.75. The van der Waals surface area contributed by atoms with Crippen LogP contribution in [0.25, 0.3) is 0 Å². The predicted octanol–water partition coefficient (Wildman–Crippen LogP) is 6.30. The quantitative estimate of drug-likeness (QED) is 0.413. The third-order valence-corrected chi connectivity index (χ3v) is 7.37. The van der Waals surface area contributed by atoms with Crippen molar-refractivity contribution < 1.29 is 18.7 Å². The van der Waals surface area contributed by atoms with Gasteiger partial charge >= 0.3 is 0 Å². The van der Waals surface area contributed by atoms with Gasteiger partial charge < -0.3 is 14.5 Å². The molecule has 0 saturated heterocycles. The molecule has 0 fully saturated rings. The number of carbonyl (C=O) groups is 2. The molecule has 192 valence electrons. The highest BCUT2D eigenvalue weighted by molar-refractivity contribution is 6.17. The minimum Gasteiger partial charge on any atom is -0.497 e. The van der Waals surface area contributed by atoms with Gasteiger partial charge in [0.25, 0.3) is 11.8 Å². The van der Waals surface area contributed by atoms with E-state index in [1.165, 1.54) is 12.1 Å². The van der Waals surface area contributed by atoms with Crippen LogP contribution in [0, 0.1) is 11.2 Å². The summed E-state index contributed by atoms with van der Waals surface area (Å²) in [6.07, 6.45) is 0.715. The molecule has 1 unspecified atom stereocenters. The summed E-state index contributed by atoms with van der Waals surface area (Å²) in [5, 5.41) is 0. The van der Waals surface area contributed by atoms with Crippen LogP contribution in [0.4, 0.5) is 10.1 Å². The molecule has 0 radical (unpaired) electrons. The van der Waals surface area contributed by atoms with Crippen LogP contribution in [0.1, 0.15) is 68.1 Å². The van der Waals surface area contributed by atoms with Crippen molar-refractivity contribution in [3.8, 4) is 5.75 Å². The van der Waals surface area contributed by atoms with Gasteiger partial charge in [-0.1, -0.05) is 51.1 Å². The standard InChI is InChI=1S/C31H33FN2O3/c1-29(2,3)19-30(4,5)34-26-16-13-21(32)17-25(26)31(28(34)36)24-10-8-7-9-23(24)27(35)33(31)18-20-11-14-22(37-6)15-12-20/h7-17H,18-19H2,1-6H3. The van der Waals surface area contributed by atoms with Crippen molar-refractivity contribution in [2.45, 2.75) is 58.7 Å². The molecule has 5 rings (SSSR count). The molecule has 0 bridgehead atoms. The average Bonchev–Trinajstić information content (AvgIpc) is 3.23. The molecule has 2 heterocycles. The fraction of sp³-hybridized carbons (Fsp3) is 0.355. The summed E-state index contributed by atoms with van der Waals surface area (Å²) in [4.78, 5) is 32.2. The third-order valence-electron chi connectivity index (χ3n) is 7.37. The summed E-state index contributed by atoms with van der Waals surface area (Å²) in [6, 6.07) is 19.1. The molecule has 0 saturated carbocycles. The lowest BCUT2D eigenvalue weighted by Crippen LogP contribution is -2.56. The number of methoxy groups -OCH3 is 1. The first-order valence-electron chi connectivity index (χ1n) is 12.6. The van der Waals surface area contributed by atoms with Crippen LogP contribution in [-0.2, 0) is 16.9 Å². The van der Waals surface area contributed by atoms with Gasteiger partial charge in [0, 0.05) is 28.8 Å². The largest absolute Gasteiger partial charge is 0.497 e. The number of carbonyl (C=O) groups excluding carboxylic acids is 2. The number of hydrogen-bond donors (Lipinski definition) is 0. The van der Waals surface area contributed by atoms with Crippen molar-refractivity contribution in [2.24, 2.45) is 5.41 Å². The molecule has 2 amide bonds. The Bertz CT molecular complexity index is 1390. The first-order valence-corrected chi connectivity index (χ1v) is 12.6. The Morgan fingerprint density at radius 3 is 2.22 bits per heavy atom. The number of nitrogens with zero attached hydrogens (tertiary/aromatic N) is 2. The third kappa shape index (κ3) is 3.81. The number of amides is 2. The van der Waals surface area contributed by atoms with Gasteiger partial charge in [0.2, 0.25) is 0 Å². The Morgan fingerprint density at radius 1 is 0.892 bits per heavy atom. The molecular formula is C31H33FN2O3. The molecule has 3 aromatic carbocycles. The molecule has 5 nitrogen and oxygen atoms in total. The highest BCUT2D eigenvalue weighted by Crippen LogP contribution is 2.56. The molecule has 6 heteroatoms. The van der Waals surface area contributed by atoms with Gasteiger partial charge in [-0.05, 0) is 67.6 Å². The van der Waals surface area contributed by atoms with Crippen LogP contribution < -0.4 is 9.64 Å². The van der Waals surface area contributed by atoms with Crippen LogP contribution in [0.15, 0.2) is 66.7 Å². The van der Waals surface area contributed by atoms with Crippen LogP contribution in [-0.4, -0.2) is 29.4 Å². The molecule has 3 aromatic rings. The molecule has 2 aliphatic rings. The van der Waals surface area contributed by atoms with Gasteiger partial charge in [0.15, 0.2) is 5.54 Å². The van der Waals surface area contributed by atoms with E-state index in [9.17, 15) is 14.0 Å². The molecular weight excluding hydrogens is 467 g/mol. The molecule has 37 heavy (non-hydrogen) atoms. The van der Waals surface area contributed by atoms with Crippen molar-refractivity contribution >= 4 is 17.5 Å². The summed E-state index contributed by atoms with van der Waals surface area (Å²) >= 11 is 0. The van der Waals surface area contributed by atoms with Crippen molar-refractivity contribution in [1.82, 2.24) is 4.90 Å². The van der Waals surface area contributed by atoms with E-state index in [1.54, 1.807) is 35.1 Å². The summed E-state index contributed by atoms with van der Waals surface area (Å²) < 4.78 is 20.2. The maximum atomic E-state index is 14.9. The number of fused-ring (bicyclic) bond motifs is 4. The molecule has 0 aromatic heterocycles. The lowest BCUT2D eigenvalue weighted by atomic mass is 9.80. The lowest BCUT2D eigenvalue weighted by Gasteiger charge is -2.42. The number of hydrogen-bond acceptors (Lipinski definition) is 3. The minimum atomic E-state index is -1.46. The smallest absolute Gasteiger partial charge is 0.262 e. The van der Waals surface area contributed by atoms with Crippen molar-refractivity contribution in [3.63, 3.8) is 0 Å². The van der Waals surface area contributed by atoms with Crippen LogP contribution in [0.5, 0.6) is 5.75 Å². The summed E-state index contributed by atoms with van der Waals surface area (Å²) in [5.74, 6) is -0.212. The maximum absolute atomic E-state index is 14.9. The van der Waals surface area contributed by atoms with Gasteiger partial charge in [0.05, 0.1) is 12.8 Å². The second-order valence-electron chi connectivity index (χ2n) is 11.8. The second-order valence-corrected chi connectivity index (χ2v) is 11.8. The molecule has 1 atom stereocenters. The van der Waals surface area contributed by atoms with Crippen LogP contribution >= 0.6 is 0 Å². The summed E-state index contributed by atoms with van der Waals surface area (Å²) in [5.41, 5.74) is 0.953. The first-order chi connectivity index (χ1) is 17.4. The highest BCUT2D eigenvalue weighted by Gasteiger charge is 2.64. The SMILES string of the molecule is COc1ccc(CN2C(=O)c3ccccc3C23C(=O)N(C(C)(C)CC(C)(C)C)c2ccc(F)cc23)cc1. The van der Waals surface area contributed by atoms with Gasteiger partial charge in [-0.2, -0.15) is 0 Å². The van der Waals surface area contributed by atoms with Crippen LogP contribution in [0.3, 0.4) is 0 Å². The van der Waals surface area contributed by atoms with Gasteiger partial charge in [-0.25, -0.2) is 4.39 Å². The van der Waals surface area contributed by atoms with E-state index in [1.807, 2.05) is 50.2 Å². The van der Waals surface area contributed by atoms with E-state index in [0.717, 1.165) is 5.56 Å². The van der Waals surface area contributed by atoms with E-state index in [2.05, 4.69) is 20.8 Å². The Morgan fingerprint density at radius 2 is 1.57 bits per heavy atom. The zero-order valence-corrected chi connectivity index (χ0v) is 22.3. The number of ether oxygens (including phenoxy) is 1. The number of anilines is 1. The maximum Gasteiger partial charge on any atom is 0.262 e. The lowest BCUT2D eigenvalue weighted by molar-refractivity contribution is -0.127. The predicted molar refractivity (Wildman–Crippen MR) is 142 cm³/mol. The van der Waals surface area contributed by atoms with E-state index in [-0.39, 0.29) is 23.8 Å². The van der Waals surface area contributed by atoms with Crippen molar-refractivity contribution in [3.05, 3.63) is 94.8 Å². The number of halogens is 1. The van der Waals surface area contributed by atoms with E-state index < -0.39 is 16.9 Å². The monoisotopic (exact) mass is 500 g/mol. The molecule has 1 spiro atoms. The summed E-state index contributed by atoms with van der Waals surface area (Å²) in [7, 11) is 1.60. The normalized spacial score (nSPS) is 19.0. The molecule has 0 aliphatic carbocycles. The average molecular weight is 501 g/mol. The van der Waals surface area contributed by atoms with Crippen molar-refractivity contribution in [2.75, 3.05) is 12.0 Å². The Labute approximate surface area is 217 Å². The van der Waals surface area contributed by atoms with E-state index in [4.69, 9.17) is 4.74 Å². The van der Waals surface area contributed by atoms with Gasteiger partial charge in [0.1, 0.15) is 11.6 Å². The zero-order chi connectivity index (χ0) is 26.8. The Kier molecular flexibility index (Phi) is 5.70. The van der Waals surface area contributed by atoms with E-state index in [0.29, 0.717) is 34.5 Å². The molecule has 2 aliphatic heterocycles. The first kappa shape index (κ1) is 25.0. The number of rotatable bonds is 5. The molecule has 0 N–H and O–H groups in total. The summed E-state index contributed by atoms with van der Waals surface area (Å²) in [6.45, 7) is 10.7. The minimum absolute atomic E-state index is 0.0636. The highest BCUT2D eigenvalue weighted by atomic mass is 19.1. The van der Waals surface area contributed by atoms with E-state index >= 15 is 0 Å². The fourth-order valence-electron chi connectivity index (χ4n) is 6.41. The van der Waals surface area contributed by atoms with Crippen molar-refractivity contribution in [1.29, 1.82) is 0 Å². The zero-order valence-electron chi connectivity index (χ0n) is 22.3. The van der Waals surface area contributed by atoms with Gasteiger partial charge in [-0.15, -0.1) is 0 Å². The number of benzene rings is 3. The fourth-order valence-corrected chi connectivity index (χ4v) is 6.41. The Hall–Kier alpha value is -3.67. The second kappa shape index (κ2) is 8.44. The van der Waals surface area contributed by atoms with Gasteiger partial charge in [-0.3, -0.25) is 9.59 Å². The topological polar surface area (TPSA) is 49.9 Å².